The van der Waals surface area contributed by atoms with Crippen molar-refractivity contribution < 1.29 is 8.42 Å². The first kappa shape index (κ1) is 18.0. The van der Waals surface area contributed by atoms with Gasteiger partial charge < -0.3 is 4.90 Å². The van der Waals surface area contributed by atoms with E-state index in [0.717, 1.165) is 12.5 Å². The molecule has 0 unspecified atom stereocenters. The summed E-state index contributed by atoms with van der Waals surface area (Å²) < 4.78 is 19.3. The van der Waals surface area contributed by atoms with Crippen molar-refractivity contribution in [2.45, 2.75) is 0 Å². The quantitative estimate of drug-likeness (QED) is 0.812. The van der Waals surface area contributed by atoms with Gasteiger partial charge >= 0.3 is 0 Å². The highest BCUT2D eigenvalue weighted by molar-refractivity contribution is 7.89. The zero-order valence-electron chi connectivity index (χ0n) is 13.5. The van der Waals surface area contributed by atoms with Crippen LogP contribution in [-0.4, -0.2) is 35.0 Å². The molecule has 0 aromatic heterocycles. The van der Waals surface area contributed by atoms with Crippen molar-refractivity contribution in [2.75, 3.05) is 31.5 Å². The van der Waals surface area contributed by atoms with Gasteiger partial charge in [0, 0.05) is 32.3 Å². The fourth-order valence-electron chi connectivity index (χ4n) is 1.64. The summed E-state index contributed by atoms with van der Waals surface area (Å²) in [6.45, 7) is 0. The minimum Gasteiger partial charge on any atom is -0.378 e. The van der Waals surface area contributed by atoms with E-state index in [-0.39, 0.29) is 0 Å². The van der Waals surface area contributed by atoms with Crippen LogP contribution >= 0.6 is 0 Å². The van der Waals surface area contributed by atoms with Crippen molar-refractivity contribution >= 4 is 27.7 Å². The fourth-order valence-corrected chi connectivity index (χ4v) is 1.64. The molecule has 0 fully saturated rings. The number of nitrogens with zero attached hydrogens (tertiary/aromatic N) is 1. The molecule has 0 heterocycles. The predicted molar refractivity (Wildman–Crippen MR) is 96.9 cm³/mol. The minimum absolute atomic E-state index is 1.16. The summed E-state index contributed by atoms with van der Waals surface area (Å²) in [4.78, 5) is 2.10. The molecule has 0 aliphatic carbocycles. The van der Waals surface area contributed by atoms with E-state index in [1.54, 1.807) is 0 Å². The summed E-state index contributed by atoms with van der Waals surface area (Å²) in [6, 6.07) is 18.9. The normalized spacial score (nSPS) is 10.9. The molecule has 2 aromatic carbocycles. The van der Waals surface area contributed by atoms with Gasteiger partial charge in [0.1, 0.15) is 9.84 Å². The minimum atomic E-state index is -2.67. The Morgan fingerprint density at radius 3 is 1.59 bits per heavy atom. The van der Waals surface area contributed by atoms with Crippen LogP contribution in [0.2, 0.25) is 0 Å². The Kier molecular flexibility index (Phi) is 6.86. The van der Waals surface area contributed by atoms with E-state index in [1.165, 1.54) is 16.8 Å². The third-order valence-corrected chi connectivity index (χ3v) is 2.68. The van der Waals surface area contributed by atoms with Gasteiger partial charge in [0.15, 0.2) is 0 Å². The van der Waals surface area contributed by atoms with Crippen molar-refractivity contribution in [1.82, 2.24) is 0 Å². The zero-order valence-corrected chi connectivity index (χ0v) is 14.3. The molecule has 118 valence electrons. The number of benzene rings is 2. The number of hydrogen-bond donors (Lipinski definition) is 0. The largest absolute Gasteiger partial charge is 0.378 e. The summed E-state index contributed by atoms with van der Waals surface area (Å²) in [5, 5.41) is 0. The van der Waals surface area contributed by atoms with Gasteiger partial charge in [0.2, 0.25) is 0 Å². The van der Waals surface area contributed by atoms with Crippen molar-refractivity contribution in [2.24, 2.45) is 0 Å². The number of sulfone groups is 1. The second-order valence-corrected chi connectivity index (χ2v) is 7.66. The van der Waals surface area contributed by atoms with E-state index in [0.29, 0.717) is 0 Å². The van der Waals surface area contributed by atoms with E-state index >= 15 is 0 Å². The summed E-state index contributed by atoms with van der Waals surface area (Å²) in [7, 11) is 1.43. The molecule has 0 atom stereocenters. The Labute approximate surface area is 133 Å². The van der Waals surface area contributed by atoms with E-state index < -0.39 is 9.84 Å². The Bertz CT molecular complexity index is 680. The molecule has 2 aromatic rings. The molecule has 0 aliphatic rings. The van der Waals surface area contributed by atoms with Gasteiger partial charge in [-0.25, -0.2) is 8.42 Å². The summed E-state index contributed by atoms with van der Waals surface area (Å²) in [5.74, 6) is 0. The van der Waals surface area contributed by atoms with Crippen LogP contribution in [0.1, 0.15) is 11.1 Å². The lowest BCUT2D eigenvalue weighted by Crippen LogP contribution is -2.07. The first-order valence-corrected chi connectivity index (χ1v) is 9.21. The maximum Gasteiger partial charge on any atom is 0.144 e. The second kappa shape index (κ2) is 8.39. The van der Waals surface area contributed by atoms with Gasteiger partial charge in [-0.05, 0) is 23.3 Å². The molecule has 3 nitrogen and oxygen atoms in total. The first-order valence-electron chi connectivity index (χ1n) is 6.91. The highest BCUT2D eigenvalue weighted by atomic mass is 32.2. The number of rotatable bonds is 3. The Balaban J connectivity index is 0.000000422. The molecule has 0 amide bonds. The SMILES string of the molecule is CN(C)c1ccc(C=Cc2ccccc2)cc1.CS(C)(=O)=O. The molecular weight excluding hydrogens is 294 g/mol. The van der Waals surface area contributed by atoms with Gasteiger partial charge in [-0.15, -0.1) is 0 Å². The van der Waals surface area contributed by atoms with Crippen LogP contribution in [0.25, 0.3) is 12.2 Å². The van der Waals surface area contributed by atoms with Crippen LogP contribution in [0.15, 0.2) is 54.6 Å². The molecule has 0 spiro atoms. The van der Waals surface area contributed by atoms with Gasteiger partial charge in [-0.1, -0.05) is 54.6 Å². The van der Waals surface area contributed by atoms with Crippen LogP contribution in [0.4, 0.5) is 5.69 Å². The fraction of sp³-hybridized carbons (Fsp3) is 0.222. The van der Waals surface area contributed by atoms with E-state index in [1.807, 2.05) is 6.07 Å². The third kappa shape index (κ3) is 8.27. The molecule has 4 heteroatoms. The monoisotopic (exact) mass is 317 g/mol. The average Bonchev–Trinajstić information content (AvgIpc) is 2.45. The summed E-state index contributed by atoms with van der Waals surface area (Å²) >= 11 is 0. The Morgan fingerprint density at radius 2 is 1.18 bits per heavy atom. The highest BCUT2D eigenvalue weighted by Crippen LogP contribution is 2.14. The van der Waals surface area contributed by atoms with Crippen LogP contribution in [-0.2, 0) is 9.84 Å². The topological polar surface area (TPSA) is 37.4 Å². The summed E-state index contributed by atoms with van der Waals surface area (Å²) in [6.07, 6.45) is 6.58. The van der Waals surface area contributed by atoms with Crippen LogP contribution in [0.5, 0.6) is 0 Å². The van der Waals surface area contributed by atoms with Crippen LogP contribution in [0.3, 0.4) is 0 Å². The van der Waals surface area contributed by atoms with E-state index in [2.05, 4.69) is 79.7 Å². The van der Waals surface area contributed by atoms with Gasteiger partial charge in [-0.3, -0.25) is 0 Å². The van der Waals surface area contributed by atoms with E-state index in [4.69, 9.17) is 0 Å². The van der Waals surface area contributed by atoms with Crippen molar-refractivity contribution in [3.8, 4) is 0 Å². The Hall–Kier alpha value is -2.07. The lowest BCUT2D eigenvalue weighted by atomic mass is 10.1. The van der Waals surface area contributed by atoms with E-state index in [9.17, 15) is 8.42 Å². The summed E-state index contributed by atoms with van der Waals surface area (Å²) in [5.41, 5.74) is 3.67. The van der Waals surface area contributed by atoms with Gasteiger partial charge in [0.05, 0.1) is 0 Å². The van der Waals surface area contributed by atoms with Crippen LogP contribution in [0, 0.1) is 0 Å². The third-order valence-electron chi connectivity index (χ3n) is 2.68. The van der Waals surface area contributed by atoms with Crippen molar-refractivity contribution in [3.63, 3.8) is 0 Å². The molecule has 22 heavy (non-hydrogen) atoms. The standard InChI is InChI=1S/C16H17N.C2H6O2S/c1-17(2)16-12-10-15(11-13-16)9-8-14-6-4-3-5-7-14;1-5(2,3)4/h3-13H,1-2H3;1-2H3. The average molecular weight is 317 g/mol. The maximum atomic E-state index is 9.63. The number of anilines is 1. The van der Waals surface area contributed by atoms with Crippen molar-refractivity contribution in [3.05, 3.63) is 65.7 Å². The molecular formula is C18H23NO2S. The zero-order chi connectivity index (χ0) is 16.6. The van der Waals surface area contributed by atoms with Gasteiger partial charge in [-0.2, -0.15) is 0 Å². The van der Waals surface area contributed by atoms with Crippen LogP contribution < -0.4 is 4.90 Å². The molecule has 2 rings (SSSR count). The molecule has 0 bridgehead atoms. The molecule has 0 radical (unpaired) electrons. The second-order valence-electron chi connectivity index (χ2n) is 5.37. The molecule has 0 saturated carbocycles. The maximum absolute atomic E-state index is 9.63. The Morgan fingerprint density at radius 1 is 0.773 bits per heavy atom. The predicted octanol–water partition coefficient (Wildman–Crippen LogP) is 3.58. The lowest BCUT2D eigenvalue weighted by molar-refractivity contribution is 0.607. The molecule has 0 N–H and O–H groups in total. The lowest BCUT2D eigenvalue weighted by Gasteiger charge is -2.11. The number of hydrogen-bond acceptors (Lipinski definition) is 3. The highest BCUT2D eigenvalue weighted by Gasteiger charge is 1.93. The smallest absolute Gasteiger partial charge is 0.144 e. The molecule has 0 aliphatic heterocycles. The van der Waals surface area contributed by atoms with Gasteiger partial charge in [0.25, 0.3) is 0 Å². The molecule has 0 saturated heterocycles. The van der Waals surface area contributed by atoms with Crippen molar-refractivity contribution in [1.29, 1.82) is 0 Å². The first-order chi connectivity index (χ1) is 10.3.